The number of allylic oxidation sites excluding steroid dienone is 2. The zero-order valence-electron chi connectivity index (χ0n) is 13.6. The van der Waals surface area contributed by atoms with Crippen molar-refractivity contribution < 1.29 is 14.7 Å². The van der Waals surface area contributed by atoms with Gasteiger partial charge in [0, 0.05) is 24.6 Å². The van der Waals surface area contributed by atoms with Crippen molar-refractivity contribution in [3.8, 4) is 5.69 Å². The fourth-order valence-electron chi connectivity index (χ4n) is 4.02. The van der Waals surface area contributed by atoms with Gasteiger partial charge in [-0.1, -0.05) is 24.3 Å². The van der Waals surface area contributed by atoms with Crippen molar-refractivity contribution in [2.75, 3.05) is 0 Å². The molecule has 1 aromatic carbocycles. The Balaban J connectivity index is 1.40. The number of hydrogen-bond donors (Lipinski definition) is 2. The number of aliphatic carboxylic acids is 1. The third kappa shape index (κ3) is 2.84. The monoisotopic (exact) mass is 337 g/mol. The molecule has 6 nitrogen and oxygen atoms in total. The van der Waals surface area contributed by atoms with Crippen molar-refractivity contribution >= 4 is 11.9 Å². The van der Waals surface area contributed by atoms with Crippen LogP contribution in [-0.2, 0) is 16.1 Å². The minimum Gasteiger partial charge on any atom is -0.481 e. The lowest BCUT2D eigenvalue weighted by Crippen LogP contribution is -2.39. The van der Waals surface area contributed by atoms with Crippen LogP contribution in [0.3, 0.4) is 0 Å². The molecule has 0 unspecified atom stereocenters. The minimum atomic E-state index is -0.873. The van der Waals surface area contributed by atoms with E-state index in [9.17, 15) is 14.7 Å². The summed E-state index contributed by atoms with van der Waals surface area (Å²) in [5.74, 6) is -2.05. The van der Waals surface area contributed by atoms with E-state index in [0.717, 1.165) is 17.7 Å². The average Bonchev–Trinajstić information content (AvgIpc) is 3.36. The maximum atomic E-state index is 12.6. The first-order chi connectivity index (χ1) is 12.1. The number of fused-ring (bicyclic) bond motifs is 2. The number of carboxylic acid groups (broad SMARTS) is 1. The van der Waals surface area contributed by atoms with Gasteiger partial charge in [0.1, 0.15) is 0 Å². The van der Waals surface area contributed by atoms with Gasteiger partial charge in [-0.2, -0.15) is 0 Å². The van der Waals surface area contributed by atoms with Crippen molar-refractivity contribution in [1.82, 2.24) is 14.9 Å². The highest BCUT2D eigenvalue weighted by atomic mass is 16.4. The number of carbonyl (C=O) groups is 2. The first kappa shape index (κ1) is 15.6. The number of rotatable bonds is 5. The van der Waals surface area contributed by atoms with Gasteiger partial charge in [0.15, 0.2) is 0 Å². The summed E-state index contributed by atoms with van der Waals surface area (Å²) in [5, 5.41) is 12.3. The lowest BCUT2D eigenvalue weighted by molar-refractivity contribution is -0.147. The zero-order chi connectivity index (χ0) is 17.4. The van der Waals surface area contributed by atoms with Crippen LogP contribution >= 0.6 is 0 Å². The smallest absolute Gasteiger partial charge is 0.307 e. The van der Waals surface area contributed by atoms with Gasteiger partial charge in [0.2, 0.25) is 5.91 Å². The third-order valence-corrected chi connectivity index (χ3v) is 5.25. The summed E-state index contributed by atoms with van der Waals surface area (Å²) in [6.45, 7) is 0.396. The molecule has 1 fully saturated rings. The SMILES string of the molecule is O=C(O)[C@@H]1[C@H](C(=O)NCc2ccc(-n3ccnc3)cc2)[C@H]2C=C[C@H]1C2. The van der Waals surface area contributed by atoms with Crippen molar-refractivity contribution in [3.05, 3.63) is 60.7 Å². The highest BCUT2D eigenvalue weighted by Crippen LogP contribution is 2.48. The maximum Gasteiger partial charge on any atom is 0.307 e. The van der Waals surface area contributed by atoms with E-state index in [0.29, 0.717) is 6.54 Å². The Hall–Kier alpha value is -2.89. The molecule has 1 heterocycles. The molecule has 2 aliphatic rings. The van der Waals surface area contributed by atoms with E-state index in [2.05, 4.69) is 10.3 Å². The number of amides is 1. The molecule has 25 heavy (non-hydrogen) atoms. The number of hydrogen-bond acceptors (Lipinski definition) is 3. The number of carboxylic acids is 1. The van der Waals surface area contributed by atoms with Gasteiger partial charge in [-0.3, -0.25) is 9.59 Å². The van der Waals surface area contributed by atoms with E-state index >= 15 is 0 Å². The van der Waals surface area contributed by atoms with Crippen LogP contribution < -0.4 is 5.32 Å². The summed E-state index contributed by atoms with van der Waals surface area (Å²) < 4.78 is 1.90. The molecule has 2 bridgehead atoms. The topological polar surface area (TPSA) is 84.2 Å². The molecule has 0 aliphatic heterocycles. The first-order valence-corrected chi connectivity index (χ1v) is 8.39. The molecule has 2 aromatic rings. The second-order valence-electron chi connectivity index (χ2n) is 6.69. The van der Waals surface area contributed by atoms with Crippen LogP contribution in [0.1, 0.15) is 12.0 Å². The van der Waals surface area contributed by atoms with Gasteiger partial charge < -0.3 is 15.0 Å². The summed E-state index contributed by atoms with van der Waals surface area (Å²) in [5.41, 5.74) is 1.97. The molecule has 4 atom stereocenters. The van der Waals surface area contributed by atoms with Crippen molar-refractivity contribution in [1.29, 1.82) is 0 Å². The molecule has 2 aliphatic carbocycles. The van der Waals surface area contributed by atoms with E-state index in [4.69, 9.17) is 0 Å². The van der Waals surface area contributed by atoms with Crippen LogP contribution in [0.5, 0.6) is 0 Å². The van der Waals surface area contributed by atoms with E-state index < -0.39 is 17.8 Å². The lowest BCUT2D eigenvalue weighted by Gasteiger charge is -2.23. The molecule has 1 amide bonds. The first-order valence-electron chi connectivity index (χ1n) is 8.39. The number of nitrogens with one attached hydrogen (secondary N) is 1. The molecule has 0 spiro atoms. The predicted octanol–water partition coefficient (Wildman–Crippen LogP) is 2.01. The quantitative estimate of drug-likeness (QED) is 0.818. The number of nitrogens with zero attached hydrogens (tertiary/aromatic N) is 2. The van der Waals surface area contributed by atoms with Gasteiger partial charge in [-0.05, 0) is 36.0 Å². The molecule has 1 aromatic heterocycles. The zero-order valence-corrected chi connectivity index (χ0v) is 13.6. The van der Waals surface area contributed by atoms with Gasteiger partial charge in [-0.25, -0.2) is 4.98 Å². The van der Waals surface area contributed by atoms with Crippen LogP contribution in [0.15, 0.2) is 55.1 Å². The van der Waals surface area contributed by atoms with E-state index in [1.54, 1.807) is 12.5 Å². The largest absolute Gasteiger partial charge is 0.481 e. The fraction of sp³-hybridized carbons (Fsp3) is 0.316. The predicted molar refractivity (Wildman–Crippen MR) is 90.8 cm³/mol. The van der Waals surface area contributed by atoms with Crippen molar-refractivity contribution in [2.45, 2.75) is 13.0 Å². The molecule has 0 saturated heterocycles. The normalized spacial score (nSPS) is 26.7. The molecule has 0 radical (unpaired) electrons. The van der Waals surface area contributed by atoms with Gasteiger partial charge in [0.25, 0.3) is 0 Å². The summed E-state index contributed by atoms with van der Waals surface area (Å²) in [6, 6.07) is 7.82. The number of benzene rings is 1. The Morgan fingerprint density at radius 1 is 1.16 bits per heavy atom. The Bertz CT molecular complexity index is 811. The van der Waals surface area contributed by atoms with Crippen LogP contribution in [0.4, 0.5) is 0 Å². The van der Waals surface area contributed by atoms with E-state index in [-0.39, 0.29) is 17.7 Å². The Labute approximate surface area is 145 Å². The van der Waals surface area contributed by atoms with Crippen LogP contribution in [-0.4, -0.2) is 26.5 Å². The fourth-order valence-corrected chi connectivity index (χ4v) is 4.02. The molecule has 4 rings (SSSR count). The lowest BCUT2D eigenvalue weighted by atomic mass is 9.82. The Kier molecular flexibility index (Phi) is 3.87. The number of imidazole rings is 1. The maximum absolute atomic E-state index is 12.6. The second-order valence-corrected chi connectivity index (χ2v) is 6.69. The van der Waals surface area contributed by atoms with Crippen molar-refractivity contribution in [3.63, 3.8) is 0 Å². The summed E-state index contributed by atoms with van der Waals surface area (Å²) in [4.78, 5) is 28.1. The summed E-state index contributed by atoms with van der Waals surface area (Å²) in [7, 11) is 0. The number of carbonyl (C=O) groups excluding carboxylic acids is 1. The van der Waals surface area contributed by atoms with Crippen LogP contribution in [0.2, 0.25) is 0 Å². The van der Waals surface area contributed by atoms with E-state index in [1.165, 1.54) is 0 Å². The second kappa shape index (κ2) is 6.20. The highest BCUT2D eigenvalue weighted by Gasteiger charge is 2.51. The van der Waals surface area contributed by atoms with Gasteiger partial charge >= 0.3 is 5.97 Å². The third-order valence-electron chi connectivity index (χ3n) is 5.25. The molecule has 6 heteroatoms. The Morgan fingerprint density at radius 2 is 1.88 bits per heavy atom. The van der Waals surface area contributed by atoms with Crippen LogP contribution in [0.25, 0.3) is 5.69 Å². The molecular formula is C19H19N3O3. The Morgan fingerprint density at radius 3 is 2.52 bits per heavy atom. The highest BCUT2D eigenvalue weighted by molar-refractivity contribution is 5.86. The molecule has 1 saturated carbocycles. The summed E-state index contributed by atoms with van der Waals surface area (Å²) >= 11 is 0. The standard InChI is InChI=1S/C19H19N3O3/c23-18(16-13-3-4-14(9-13)17(16)19(24)25)21-10-12-1-5-15(6-2-12)22-8-7-20-11-22/h1-8,11,13-14,16-17H,9-10H2,(H,21,23)(H,24,25)/t13-,14-,16+,17-/m0/s1. The molecule has 128 valence electrons. The van der Waals surface area contributed by atoms with Gasteiger partial charge in [0.05, 0.1) is 18.2 Å². The van der Waals surface area contributed by atoms with E-state index in [1.807, 2.05) is 47.2 Å². The van der Waals surface area contributed by atoms with Crippen molar-refractivity contribution in [2.24, 2.45) is 23.7 Å². The van der Waals surface area contributed by atoms with Gasteiger partial charge in [-0.15, -0.1) is 0 Å². The minimum absolute atomic E-state index is 0.00675. The van der Waals surface area contributed by atoms with Crippen LogP contribution in [0, 0.1) is 23.7 Å². The summed E-state index contributed by atoms with van der Waals surface area (Å²) in [6.07, 6.45) is 10.0. The molecule has 2 N–H and O–H groups in total. The number of aromatic nitrogens is 2. The molecular weight excluding hydrogens is 318 g/mol. The average molecular weight is 337 g/mol.